The molecule has 26 heavy (non-hydrogen) atoms. The van der Waals surface area contributed by atoms with Crippen LogP contribution >= 0.6 is 0 Å². The van der Waals surface area contributed by atoms with Crippen molar-refractivity contribution in [2.45, 2.75) is 26.7 Å². The van der Waals surface area contributed by atoms with Crippen molar-refractivity contribution in [3.8, 4) is 5.75 Å². The molecule has 1 aromatic carbocycles. The number of aryl methyl sites for hydroxylation is 2. The zero-order valence-electron chi connectivity index (χ0n) is 15.0. The normalized spacial score (nSPS) is 38.9. The first-order valence-electron chi connectivity index (χ1n) is 9.49. The fraction of sp³-hybridized carbons (Fsp3) is 0.500. The molecule has 0 aromatic heterocycles. The fourth-order valence-corrected chi connectivity index (χ4v) is 6.04. The highest BCUT2D eigenvalue weighted by atomic mass is 16.5. The van der Waals surface area contributed by atoms with Gasteiger partial charge in [-0.3, -0.25) is 14.4 Å². The van der Waals surface area contributed by atoms with E-state index >= 15 is 0 Å². The molecular formula is C22H22O4. The molecular weight excluding hydrogens is 328 g/mol. The van der Waals surface area contributed by atoms with Gasteiger partial charge < -0.3 is 4.74 Å². The Balaban J connectivity index is 1.31. The lowest BCUT2D eigenvalue weighted by Crippen LogP contribution is -2.32. The van der Waals surface area contributed by atoms with E-state index in [1.807, 2.05) is 44.2 Å². The molecule has 134 valence electrons. The molecule has 3 fully saturated rings. The van der Waals surface area contributed by atoms with Gasteiger partial charge in [-0.1, -0.05) is 18.2 Å². The molecule has 4 heteroatoms. The van der Waals surface area contributed by atoms with Gasteiger partial charge in [-0.25, -0.2) is 0 Å². The molecule has 0 saturated heterocycles. The molecule has 0 amide bonds. The monoisotopic (exact) mass is 350 g/mol. The van der Waals surface area contributed by atoms with Crippen LogP contribution in [0.3, 0.4) is 0 Å². The standard InChI is InChI=1S/C22H22O4/c1-10-3-4-13(7-11(10)2)26-17(23)9-12-8-16-19-14-5-6-15(21(14)24)20(19)18(12)22(16)25/h3-7,12,14-16,18-20H,8-9H2,1-2H3. The van der Waals surface area contributed by atoms with Gasteiger partial charge in [0.1, 0.15) is 17.3 Å². The number of benzene rings is 1. The van der Waals surface area contributed by atoms with Gasteiger partial charge in [0.25, 0.3) is 0 Å². The number of carbonyl (C=O) groups excluding carboxylic acids is 3. The summed E-state index contributed by atoms with van der Waals surface area (Å²) in [5, 5.41) is 0. The maximum absolute atomic E-state index is 12.7. The van der Waals surface area contributed by atoms with Gasteiger partial charge in [-0.15, -0.1) is 0 Å². The summed E-state index contributed by atoms with van der Waals surface area (Å²) in [4.78, 5) is 37.6. The lowest BCUT2D eigenvalue weighted by Gasteiger charge is -2.33. The van der Waals surface area contributed by atoms with Crippen LogP contribution in [0, 0.1) is 55.3 Å². The predicted octanol–water partition coefficient (Wildman–Crippen LogP) is 3.05. The van der Waals surface area contributed by atoms with E-state index < -0.39 is 0 Å². The molecule has 0 radical (unpaired) electrons. The third-order valence-corrected chi connectivity index (χ3v) is 7.23. The molecule has 0 N–H and O–H groups in total. The van der Waals surface area contributed by atoms with Crippen LogP contribution in [0.4, 0.5) is 0 Å². The highest BCUT2D eigenvalue weighted by molar-refractivity contribution is 5.99. The summed E-state index contributed by atoms with van der Waals surface area (Å²) in [6.45, 7) is 4.00. The van der Waals surface area contributed by atoms with Crippen LogP contribution in [-0.4, -0.2) is 17.5 Å². The number of fused-ring (bicyclic) bond motifs is 9. The second-order valence-electron chi connectivity index (χ2n) is 8.45. The minimum Gasteiger partial charge on any atom is -0.427 e. The Morgan fingerprint density at radius 3 is 2.50 bits per heavy atom. The second kappa shape index (κ2) is 5.38. The number of rotatable bonds is 3. The van der Waals surface area contributed by atoms with E-state index in [2.05, 4.69) is 0 Å². The quantitative estimate of drug-likeness (QED) is 0.364. The molecule has 4 bridgehead atoms. The summed E-state index contributed by atoms with van der Waals surface area (Å²) >= 11 is 0. The number of ketones is 2. The van der Waals surface area contributed by atoms with Gasteiger partial charge in [0.2, 0.25) is 0 Å². The second-order valence-corrected chi connectivity index (χ2v) is 8.45. The summed E-state index contributed by atoms with van der Waals surface area (Å²) in [6, 6.07) is 5.62. The van der Waals surface area contributed by atoms with Crippen LogP contribution in [0.5, 0.6) is 5.75 Å². The summed E-state index contributed by atoms with van der Waals surface area (Å²) in [5.74, 6) is 0.891. The van der Waals surface area contributed by atoms with Crippen LogP contribution in [0.25, 0.3) is 0 Å². The predicted molar refractivity (Wildman–Crippen MR) is 94.4 cm³/mol. The average molecular weight is 350 g/mol. The molecule has 0 spiro atoms. The van der Waals surface area contributed by atoms with Crippen molar-refractivity contribution in [1.29, 1.82) is 0 Å². The Kier molecular flexibility index (Phi) is 3.31. The number of carbonyl (C=O) groups is 3. The van der Waals surface area contributed by atoms with Gasteiger partial charge >= 0.3 is 5.97 Å². The Labute approximate surface area is 152 Å². The Morgan fingerprint density at radius 2 is 1.77 bits per heavy atom. The minimum absolute atomic E-state index is 0.0216. The molecule has 4 nitrogen and oxygen atoms in total. The lowest BCUT2D eigenvalue weighted by molar-refractivity contribution is -0.136. The van der Waals surface area contributed by atoms with E-state index in [0.717, 1.165) is 17.5 Å². The molecule has 7 atom stereocenters. The first-order chi connectivity index (χ1) is 12.5. The number of ether oxygens (including phenoxy) is 1. The minimum atomic E-state index is -0.278. The van der Waals surface area contributed by atoms with Gasteiger partial charge in [-0.2, -0.15) is 0 Å². The van der Waals surface area contributed by atoms with Gasteiger partial charge in [0.05, 0.1) is 0 Å². The third-order valence-electron chi connectivity index (χ3n) is 7.23. The molecule has 4 aliphatic rings. The average Bonchev–Trinajstić information content (AvgIpc) is 3.28. The van der Waals surface area contributed by atoms with Crippen LogP contribution in [0.1, 0.15) is 24.0 Å². The van der Waals surface area contributed by atoms with Crippen molar-refractivity contribution in [2.24, 2.45) is 41.4 Å². The van der Waals surface area contributed by atoms with E-state index in [1.165, 1.54) is 0 Å². The van der Waals surface area contributed by atoms with Crippen molar-refractivity contribution in [1.82, 2.24) is 0 Å². The van der Waals surface area contributed by atoms with Crippen molar-refractivity contribution in [3.63, 3.8) is 0 Å². The van der Waals surface area contributed by atoms with E-state index in [9.17, 15) is 14.4 Å². The number of hydrogen-bond acceptors (Lipinski definition) is 4. The maximum atomic E-state index is 12.7. The Bertz CT molecular complexity index is 867. The van der Waals surface area contributed by atoms with Gasteiger partial charge in [0.15, 0.2) is 0 Å². The van der Waals surface area contributed by atoms with Crippen LogP contribution in [-0.2, 0) is 14.4 Å². The topological polar surface area (TPSA) is 60.4 Å². The van der Waals surface area contributed by atoms with Crippen molar-refractivity contribution in [2.75, 3.05) is 0 Å². The zero-order chi connectivity index (χ0) is 18.2. The zero-order valence-corrected chi connectivity index (χ0v) is 15.0. The highest BCUT2D eigenvalue weighted by Crippen LogP contribution is 2.64. The van der Waals surface area contributed by atoms with Crippen molar-refractivity contribution >= 4 is 17.5 Å². The largest absolute Gasteiger partial charge is 0.427 e. The van der Waals surface area contributed by atoms with Crippen LogP contribution < -0.4 is 4.74 Å². The van der Waals surface area contributed by atoms with E-state index in [4.69, 9.17) is 4.74 Å². The fourth-order valence-electron chi connectivity index (χ4n) is 6.04. The number of Topliss-reactive ketones (excluding diaryl/α,β-unsaturated/α-hetero) is 2. The maximum Gasteiger partial charge on any atom is 0.311 e. The summed E-state index contributed by atoms with van der Waals surface area (Å²) in [7, 11) is 0. The third kappa shape index (κ3) is 2.04. The number of hydrogen-bond donors (Lipinski definition) is 0. The van der Waals surface area contributed by atoms with E-state index in [0.29, 0.717) is 11.5 Å². The molecule has 4 aliphatic carbocycles. The van der Waals surface area contributed by atoms with Gasteiger partial charge in [0, 0.05) is 30.1 Å². The molecule has 3 saturated carbocycles. The smallest absolute Gasteiger partial charge is 0.311 e. The molecule has 1 aromatic rings. The van der Waals surface area contributed by atoms with E-state index in [-0.39, 0.29) is 59.6 Å². The SMILES string of the molecule is Cc1ccc(OC(=O)CC2CC3C(=O)C2C2C4C=CC(C4=O)C32)cc1C. The summed E-state index contributed by atoms with van der Waals surface area (Å²) in [6.07, 6.45) is 4.99. The number of esters is 1. The molecule has 7 unspecified atom stereocenters. The van der Waals surface area contributed by atoms with Crippen molar-refractivity contribution in [3.05, 3.63) is 41.5 Å². The van der Waals surface area contributed by atoms with Gasteiger partial charge in [-0.05, 0) is 61.3 Å². The molecule has 0 aliphatic heterocycles. The summed E-state index contributed by atoms with van der Waals surface area (Å²) < 4.78 is 5.52. The Morgan fingerprint density at radius 1 is 1.04 bits per heavy atom. The summed E-state index contributed by atoms with van der Waals surface area (Å²) in [5.41, 5.74) is 2.24. The van der Waals surface area contributed by atoms with E-state index in [1.54, 1.807) is 0 Å². The molecule has 5 rings (SSSR count). The Hall–Kier alpha value is -2.23. The highest BCUT2D eigenvalue weighted by Gasteiger charge is 2.68. The first-order valence-corrected chi connectivity index (χ1v) is 9.49. The molecule has 0 heterocycles. The first kappa shape index (κ1) is 16.0. The lowest BCUT2D eigenvalue weighted by atomic mass is 9.69. The van der Waals surface area contributed by atoms with Crippen LogP contribution in [0.2, 0.25) is 0 Å². The van der Waals surface area contributed by atoms with Crippen LogP contribution in [0.15, 0.2) is 30.4 Å². The number of allylic oxidation sites excluding steroid dienone is 2. The van der Waals surface area contributed by atoms with Crippen molar-refractivity contribution < 1.29 is 19.1 Å².